The van der Waals surface area contributed by atoms with Crippen LogP contribution in [0.25, 0.3) is 0 Å². The molecule has 1 unspecified atom stereocenters. The third-order valence-electron chi connectivity index (χ3n) is 2.04. The average Bonchev–Trinajstić information content (AvgIpc) is 2.05. The van der Waals surface area contributed by atoms with Gasteiger partial charge in [-0.3, -0.25) is 4.90 Å². The summed E-state index contributed by atoms with van der Waals surface area (Å²) in [6.07, 6.45) is 2.21. The van der Waals surface area contributed by atoms with E-state index in [4.69, 9.17) is 17.2 Å². The first-order valence-electron chi connectivity index (χ1n) is 5.12. The van der Waals surface area contributed by atoms with Crippen molar-refractivity contribution in [3.63, 3.8) is 0 Å². The summed E-state index contributed by atoms with van der Waals surface area (Å²) >= 11 is 0. The van der Waals surface area contributed by atoms with Crippen LogP contribution in [-0.4, -0.2) is 43.7 Å². The molecule has 0 aromatic rings. The Bertz CT molecular complexity index is 102. The van der Waals surface area contributed by atoms with Gasteiger partial charge in [-0.25, -0.2) is 0 Å². The van der Waals surface area contributed by atoms with E-state index in [2.05, 4.69) is 11.8 Å². The Morgan fingerprint density at radius 3 is 2.08 bits per heavy atom. The molecular formula is C9H24N4. The normalized spacial score (nSPS) is 13.6. The quantitative estimate of drug-likeness (QED) is 0.472. The second kappa shape index (κ2) is 8.44. The number of hydrogen-bond donors (Lipinski definition) is 3. The predicted molar refractivity (Wildman–Crippen MR) is 57.4 cm³/mol. The van der Waals surface area contributed by atoms with Gasteiger partial charge in [-0.05, 0) is 6.42 Å². The summed E-state index contributed by atoms with van der Waals surface area (Å²) in [6, 6.07) is 0.267. The Morgan fingerprint density at radius 2 is 1.69 bits per heavy atom. The maximum Gasteiger partial charge on any atom is 0.0167 e. The lowest BCUT2D eigenvalue weighted by molar-refractivity contribution is 0.265. The van der Waals surface area contributed by atoms with Gasteiger partial charge in [0.2, 0.25) is 0 Å². The highest BCUT2D eigenvalue weighted by Gasteiger charge is 2.07. The van der Waals surface area contributed by atoms with E-state index in [1.165, 1.54) is 0 Å². The molecule has 0 aromatic heterocycles. The van der Waals surface area contributed by atoms with Gasteiger partial charge in [-0.15, -0.1) is 0 Å². The SMILES string of the molecule is CCCC(N)CN(CCN)CCN. The van der Waals surface area contributed by atoms with Gasteiger partial charge in [-0.2, -0.15) is 0 Å². The summed E-state index contributed by atoms with van der Waals surface area (Å²) in [6.45, 7) is 6.22. The third kappa shape index (κ3) is 6.95. The van der Waals surface area contributed by atoms with Gasteiger partial charge in [0.25, 0.3) is 0 Å². The smallest absolute Gasteiger partial charge is 0.0167 e. The fourth-order valence-corrected chi connectivity index (χ4v) is 1.45. The van der Waals surface area contributed by atoms with Gasteiger partial charge in [0.05, 0.1) is 0 Å². The Kier molecular flexibility index (Phi) is 8.33. The van der Waals surface area contributed by atoms with E-state index in [-0.39, 0.29) is 6.04 Å². The van der Waals surface area contributed by atoms with Crippen molar-refractivity contribution in [1.29, 1.82) is 0 Å². The van der Waals surface area contributed by atoms with Crippen LogP contribution in [0.1, 0.15) is 19.8 Å². The van der Waals surface area contributed by atoms with E-state index in [0.717, 1.165) is 32.5 Å². The van der Waals surface area contributed by atoms with Crippen LogP contribution in [0.15, 0.2) is 0 Å². The van der Waals surface area contributed by atoms with E-state index in [9.17, 15) is 0 Å². The second-order valence-corrected chi connectivity index (χ2v) is 3.43. The van der Waals surface area contributed by atoms with Crippen LogP contribution in [0.4, 0.5) is 0 Å². The molecule has 0 bridgehead atoms. The first kappa shape index (κ1) is 12.8. The summed E-state index contributed by atoms with van der Waals surface area (Å²) in [4.78, 5) is 2.24. The van der Waals surface area contributed by atoms with Crippen LogP contribution in [0.3, 0.4) is 0 Å². The van der Waals surface area contributed by atoms with Gasteiger partial charge in [0, 0.05) is 38.8 Å². The topological polar surface area (TPSA) is 81.3 Å². The molecule has 4 heteroatoms. The molecule has 0 aromatic carbocycles. The van der Waals surface area contributed by atoms with Crippen LogP contribution in [0.2, 0.25) is 0 Å². The highest BCUT2D eigenvalue weighted by Crippen LogP contribution is 1.96. The molecule has 1 atom stereocenters. The molecule has 80 valence electrons. The third-order valence-corrected chi connectivity index (χ3v) is 2.04. The highest BCUT2D eigenvalue weighted by atomic mass is 15.1. The van der Waals surface area contributed by atoms with Crippen LogP contribution < -0.4 is 17.2 Å². The monoisotopic (exact) mass is 188 g/mol. The summed E-state index contributed by atoms with van der Waals surface area (Å²) in [7, 11) is 0. The summed E-state index contributed by atoms with van der Waals surface area (Å²) in [5.74, 6) is 0. The van der Waals surface area contributed by atoms with Crippen molar-refractivity contribution < 1.29 is 0 Å². The zero-order valence-corrected chi connectivity index (χ0v) is 8.71. The fourth-order valence-electron chi connectivity index (χ4n) is 1.45. The molecule has 4 nitrogen and oxygen atoms in total. The molecule has 0 heterocycles. The highest BCUT2D eigenvalue weighted by molar-refractivity contribution is 4.68. The van der Waals surface area contributed by atoms with Crippen molar-refractivity contribution in [2.24, 2.45) is 17.2 Å². The summed E-state index contributed by atoms with van der Waals surface area (Å²) in [5.41, 5.74) is 16.9. The van der Waals surface area contributed by atoms with Gasteiger partial charge in [-0.1, -0.05) is 13.3 Å². The lowest BCUT2D eigenvalue weighted by atomic mass is 10.1. The van der Waals surface area contributed by atoms with E-state index in [1.54, 1.807) is 0 Å². The lowest BCUT2D eigenvalue weighted by Gasteiger charge is -2.24. The molecule has 0 fully saturated rings. The summed E-state index contributed by atoms with van der Waals surface area (Å²) in [5, 5.41) is 0. The molecule has 13 heavy (non-hydrogen) atoms. The molecule has 0 spiro atoms. The predicted octanol–water partition coefficient (Wildman–Crippen LogP) is -0.667. The molecule has 0 aliphatic rings. The number of hydrogen-bond acceptors (Lipinski definition) is 4. The van der Waals surface area contributed by atoms with Gasteiger partial charge in [0.1, 0.15) is 0 Å². The minimum Gasteiger partial charge on any atom is -0.329 e. The number of rotatable bonds is 8. The fraction of sp³-hybridized carbons (Fsp3) is 1.00. The van der Waals surface area contributed by atoms with E-state index in [0.29, 0.717) is 13.1 Å². The lowest BCUT2D eigenvalue weighted by Crippen LogP contribution is -2.42. The molecule has 0 amide bonds. The van der Waals surface area contributed by atoms with E-state index >= 15 is 0 Å². The van der Waals surface area contributed by atoms with Crippen molar-refractivity contribution >= 4 is 0 Å². The molecule has 0 aliphatic carbocycles. The first-order valence-corrected chi connectivity index (χ1v) is 5.12. The first-order chi connectivity index (χ1) is 6.24. The largest absolute Gasteiger partial charge is 0.329 e. The Hall–Kier alpha value is -0.160. The van der Waals surface area contributed by atoms with Gasteiger partial charge in [0.15, 0.2) is 0 Å². The Balaban J connectivity index is 3.64. The zero-order valence-electron chi connectivity index (χ0n) is 8.71. The van der Waals surface area contributed by atoms with Crippen LogP contribution in [0, 0.1) is 0 Å². The van der Waals surface area contributed by atoms with Crippen molar-refractivity contribution in [1.82, 2.24) is 4.90 Å². The molecule has 0 rings (SSSR count). The molecule has 6 N–H and O–H groups in total. The zero-order chi connectivity index (χ0) is 10.1. The van der Waals surface area contributed by atoms with Gasteiger partial charge >= 0.3 is 0 Å². The number of nitrogens with two attached hydrogens (primary N) is 3. The van der Waals surface area contributed by atoms with Crippen LogP contribution >= 0.6 is 0 Å². The second-order valence-electron chi connectivity index (χ2n) is 3.43. The average molecular weight is 188 g/mol. The van der Waals surface area contributed by atoms with E-state index in [1.807, 2.05) is 0 Å². The molecule has 0 radical (unpaired) electrons. The minimum absolute atomic E-state index is 0.267. The van der Waals surface area contributed by atoms with Gasteiger partial charge < -0.3 is 17.2 Å². The minimum atomic E-state index is 0.267. The molecule has 0 saturated heterocycles. The molecular weight excluding hydrogens is 164 g/mol. The molecule has 0 saturated carbocycles. The Labute approximate surface area is 81.4 Å². The molecule has 0 aliphatic heterocycles. The maximum atomic E-state index is 5.92. The van der Waals surface area contributed by atoms with Crippen molar-refractivity contribution in [2.45, 2.75) is 25.8 Å². The van der Waals surface area contributed by atoms with Crippen LogP contribution in [-0.2, 0) is 0 Å². The maximum absolute atomic E-state index is 5.92. The van der Waals surface area contributed by atoms with Crippen LogP contribution in [0.5, 0.6) is 0 Å². The van der Waals surface area contributed by atoms with E-state index < -0.39 is 0 Å². The van der Waals surface area contributed by atoms with Crippen molar-refractivity contribution in [2.75, 3.05) is 32.7 Å². The number of nitrogens with zero attached hydrogens (tertiary/aromatic N) is 1. The van der Waals surface area contributed by atoms with Crippen molar-refractivity contribution in [3.05, 3.63) is 0 Å². The van der Waals surface area contributed by atoms with Crippen molar-refractivity contribution in [3.8, 4) is 0 Å². The standard InChI is InChI=1S/C9H24N4/c1-2-3-9(12)8-13(6-4-10)7-5-11/h9H,2-8,10-12H2,1H3. The Morgan fingerprint density at radius 1 is 1.15 bits per heavy atom. The summed E-state index contributed by atoms with van der Waals surface area (Å²) < 4.78 is 0.